The van der Waals surface area contributed by atoms with Gasteiger partial charge in [-0.1, -0.05) is 6.92 Å². The molecule has 0 spiro atoms. The first-order chi connectivity index (χ1) is 17.3. The minimum absolute atomic E-state index is 0.109. The van der Waals surface area contributed by atoms with Gasteiger partial charge in [-0.2, -0.15) is 5.10 Å². The highest BCUT2D eigenvalue weighted by atomic mass is 16.5. The van der Waals surface area contributed by atoms with Crippen LogP contribution in [0.2, 0.25) is 0 Å². The summed E-state index contributed by atoms with van der Waals surface area (Å²) in [5.41, 5.74) is 1.96. The first-order valence-electron chi connectivity index (χ1n) is 11.5. The predicted molar refractivity (Wildman–Crippen MR) is 136 cm³/mol. The van der Waals surface area contributed by atoms with E-state index in [0.29, 0.717) is 29.1 Å². The van der Waals surface area contributed by atoms with E-state index in [1.165, 1.54) is 6.07 Å². The van der Waals surface area contributed by atoms with Crippen molar-refractivity contribution in [3.05, 3.63) is 76.6 Å². The Morgan fingerprint density at radius 2 is 1.61 bits per heavy atom. The zero-order valence-electron chi connectivity index (χ0n) is 20.4. The van der Waals surface area contributed by atoms with Crippen molar-refractivity contribution < 1.29 is 19.1 Å². The fraction of sp³-hybridized carbons (Fsp3) is 0.269. The summed E-state index contributed by atoms with van der Waals surface area (Å²) in [6.07, 6.45) is 0.366. The molecule has 3 aromatic rings. The Morgan fingerprint density at radius 1 is 0.944 bits per heavy atom. The fourth-order valence-corrected chi connectivity index (χ4v) is 3.30. The van der Waals surface area contributed by atoms with Crippen LogP contribution in [0, 0.1) is 0 Å². The minimum atomic E-state index is -0.850. The topological polar surface area (TPSA) is 131 Å². The van der Waals surface area contributed by atoms with Gasteiger partial charge in [0, 0.05) is 42.4 Å². The van der Waals surface area contributed by atoms with Gasteiger partial charge in [0.2, 0.25) is 11.8 Å². The summed E-state index contributed by atoms with van der Waals surface area (Å²) in [6.45, 7) is 3.70. The molecule has 1 heterocycles. The van der Waals surface area contributed by atoms with Gasteiger partial charge >= 0.3 is 0 Å². The van der Waals surface area contributed by atoms with Crippen LogP contribution in [0.25, 0.3) is 11.3 Å². The van der Waals surface area contributed by atoms with E-state index < -0.39 is 17.5 Å². The van der Waals surface area contributed by atoms with E-state index in [4.69, 9.17) is 4.74 Å². The monoisotopic (exact) mass is 491 g/mol. The summed E-state index contributed by atoms with van der Waals surface area (Å²) in [4.78, 5) is 48.7. The smallest absolute Gasteiger partial charge is 0.267 e. The number of carbonyl (C=O) groups excluding carboxylic acids is 3. The molecular weight excluding hydrogens is 462 g/mol. The molecule has 1 atom stereocenters. The highest BCUT2D eigenvalue weighted by Crippen LogP contribution is 2.20. The zero-order valence-corrected chi connectivity index (χ0v) is 20.4. The van der Waals surface area contributed by atoms with E-state index in [9.17, 15) is 19.2 Å². The highest BCUT2D eigenvalue weighted by Gasteiger charge is 2.18. The maximum absolute atomic E-state index is 12.6. The van der Waals surface area contributed by atoms with Gasteiger partial charge in [-0.25, -0.2) is 4.68 Å². The second-order valence-electron chi connectivity index (χ2n) is 7.93. The molecule has 10 heteroatoms. The molecule has 0 aliphatic carbocycles. The predicted octanol–water partition coefficient (Wildman–Crippen LogP) is 2.37. The number of rotatable bonds is 10. The summed E-state index contributed by atoms with van der Waals surface area (Å²) in [7, 11) is 1.58. The molecular formula is C26H29N5O5. The molecule has 0 fully saturated rings. The molecule has 36 heavy (non-hydrogen) atoms. The molecule has 0 radical (unpaired) electrons. The Morgan fingerprint density at radius 3 is 2.25 bits per heavy atom. The molecule has 3 N–H and O–H groups in total. The molecule has 0 saturated carbocycles. The molecule has 188 valence electrons. The van der Waals surface area contributed by atoms with Crippen LogP contribution < -0.4 is 26.2 Å². The van der Waals surface area contributed by atoms with Crippen LogP contribution in [0.5, 0.6) is 5.75 Å². The van der Waals surface area contributed by atoms with E-state index in [0.717, 1.165) is 10.2 Å². The first-order valence-corrected chi connectivity index (χ1v) is 11.5. The van der Waals surface area contributed by atoms with Crippen LogP contribution >= 0.6 is 0 Å². The third-order valence-corrected chi connectivity index (χ3v) is 5.42. The summed E-state index contributed by atoms with van der Waals surface area (Å²) in [5.74, 6) is -0.121. The number of methoxy groups -OCH3 is 1. The van der Waals surface area contributed by atoms with Crippen molar-refractivity contribution in [3.63, 3.8) is 0 Å². The molecule has 0 aliphatic rings. The molecule has 1 unspecified atom stereocenters. The molecule has 10 nitrogen and oxygen atoms in total. The number of benzene rings is 2. The quantitative estimate of drug-likeness (QED) is 0.373. The molecule has 2 aromatic carbocycles. The number of hydrogen-bond acceptors (Lipinski definition) is 6. The Labute approximate surface area is 208 Å². The number of ether oxygens (including phenoxy) is 1. The second-order valence-corrected chi connectivity index (χ2v) is 7.93. The van der Waals surface area contributed by atoms with Gasteiger partial charge in [0.05, 0.1) is 12.8 Å². The third-order valence-electron chi connectivity index (χ3n) is 5.42. The Kier molecular flexibility index (Phi) is 8.93. The Bertz CT molecular complexity index is 1270. The lowest BCUT2D eigenvalue weighted by Crippen LogP contribution is -2.40. The second kappa shape index (κ2) is 12.3. The standard InChI is InChI=1S/C26H29N5O5/c1-4-23(32)29-20-9-5-19(6-10-20)26(35)28-16-15-27-25(34)17(2)31-24(33)14-13-22(30-31)18-7-11-21(36-3)12-8-18/h5-14,17H,4,15-16H2,1-3H3,(H,27,34)(H,28,35)(H,29,32). The molecule has 1 aromatic heterocycles. The lowest BCUT2D eigenvalue weighted by Gasteiger charge is -2.15. The van der Waals surface area contributed by atoms with Gasteiger partial charge < -0.3 is 20.7 Å². The van der Waals surface area contributed by atoms with Crippen LogP contribution in [0.4, 0.5) is 5.69 Å². The van der Waals surface area contributed by atoms with Gasteiger partial charge in [-0.3, -0.25) is 19.2 Å². The first kappa shape index (κ1) is 26.1. The summed E-state index contributed by atoms with van der Waals surface area (Å²) in [5, 5.41) is 12.5. The lowest BCUT2D eigenvalue weighted by molar-refractivity contribution is -0.124. The fourth-order valence-electron chi connectivity index (χ4n) is 3.30. The largest absolute Gasteiger partial charge is 0.497 e. The summed E-state index contributed by atoms with van der Waals surface area (Å²) >= 11 is 0. The number of carbonyl (C=O) groups is 3. The number of hydrogen-bond donors (Lipinski definition) is 3. The van der Waals surface area contributed by atoms with E-state index in [-0.39, 0.29) is 24.9 Å². The van der Waals surface area contributed by atoms with Crippen molar-refractivity contribution >= 4 is 23.4 Å². The van der Waals surface area contributed by atoms with Gasteiger partial charge in [-0.15, -0.1) is 0 Å². The van der Waals surface area contributed by atoms with Gasteiger partial charge in [0.25, 0.3) is 11.5 Å². The Balaban J connectivity index is 1.52. The van der Waals surface area contributed by atoms with Gasteiger partial charge in [-0.05, 0) is 61.5 Å². The van der Waals surface area contributed by atoms with Crippen molar-refractivity contribution in [3.8, 4) is 17.0 Å². The van der Waals surface area contributed by atoms with Crippen LogP contribution in [0.3, 0.4) is 0 Å². The number of amides is 3. The normalized spacial score (nSPS) is 11.3. The van der Waals surface area contributed by atoms with E-state index in [1.54, 1.807) is 63.4 Å². The van der Waals surface area contributed by atoms with Crippen LogP contribution in [-0.2, 0) is 9.59 Å². The summed E-state index contributed by atoms with van der Waals surface area (Å²) < 4.78 is 6.29. The molecule has 0 bridgehead atoms. The average molecular weight is 492 g/mol. The number of nitrogens with one attached hydrogen (secondary N) is 3. The van der Waals surface area contributed by atoms with Crippen LogP contribution in [0.1, 0.15) is 36.7 Å². The van der Waals surface area contributed by atoms with Crippen molar-refractivity contribution in [1.29, 1.82) is 0 Å². The van der Waals surface area contributed by atoms with Crippen molar-refractivity contribution in [2.24, 2.45) is 0 Å². The third kappa shape index (κ3) is 6.78. The van der Waals surface area contributed by atoms with Crippen LogP contribution in [-0.4, -0.2) is 47.7 Å². The SMILES string of the molecule is CCC(=O)Nc1ccc(C(=O)NCCNC(=O)C(C)n2nc(-c3ccc(OC)cc3)ccc2=O)cc1. The lowest BCUT2D eigenvalue weighted by atomic mass is 10.1. The number of aromatic nitrogens is 2. The van der Waals surface area contributed by atoms with Crippen molar-refractivity contribution in [2.75, 3.05) is 25.5 Å². The maximum atomic E-state index is 12.6. The minimum Gasteiger partial charge on any atom is -0.497 e. The van der Waals surface area contributed by atoms with Crippen molar-refractivity contribution in [1.82, 2.24) is 20.4 Å². The van der Waals surface area contributed by atoms with E-state index in [2.05, 4.69) is 21.0 Å². The van der Waals surface area contributed by atoms with Crippen LogP contribution in [0.15, 0.2) is 65.5 Å². The average Bonchev–Trinajstić information content (AvgIpc) is 2.91. The summed E-state index contributed by atoms with van der Waals surface area (Å²) in [6, 6.07) is 15.8. The van der Waals surface area contributed by atoms with E-state index >= 15 is 0 Å². The highest BCUT2D eigenvalue weighted by molar-refractivity contribution is 5.95. The van der Waals surface area contributed by atoms with Gasteiger partial charge in [0.1, 0.15) is 11.8 Å². The van der Waals surface area contributed by atoms with Crippen molar-refractivity contribution in [2.45, 2.75) is 26.3 Å². The Hall–Kier alpha value is -4.47. The number of anilines is 1. The van der Waals surface area contributed by atoms with E-state index in [1.807, 2.05) is 12.1 Å². The van der Waals surface area contributed by atoms with Gasteiger partial charge in [0.15, 0.2) is 0 Å². The molecule has 3 amide bonds. The molecule has 0 saturated heterocycles. The molecule has 0 aliphatic heterocycles. The zero-order chi connectivity index (χ0) is 26.1. The maximum Gasteiger partial charge on any atom is 0.267 e. The molecule has 3 rings (SSSR count). The number of nitrogens with zero attached hydrogens (tertiary/aromatic N) is 2.